The Morgan fingerprint density at radius 1 is 1.17 bits per heavy atom. The monoisotopic (exact) mass is 172 g/mol. The summed E-state index contributed by atoms with van der Waals surface area (Å²) in [5.74, 6) is -0.0944. The van der Waals surface area contributed by atoms with Gasteiger partial charge in [-0.2, -0.15) is 0 Å². The summed E-state index contributed by atoms with van der Waals surface area (Å²) in [6.45, 7) is 4.54. The average Bonchev–Trinajstić information content (AvgIpc) is 2.12. The van der Waals surface area contributed by atoms with Crippen molar-refractivity contribution >= 4 is 11.9 Å². The van der Waals surface area contributed by atoms with Crippen molar-refractivity contribution in [2.45, 2.75) is 20.3 Å². The van der Waals surface area contributed by atoms with E-state index in [1.54, 1.807) is 7.05 Å². The normalized spacial score (nSPS) is 17.3. The van der Waals surface area contributed by atoms with Crippen LogP contribution in [0.25, 0.3) is 0 Å². The summed E-state index contributed by atoms with van der Waals surface area (Å²) in [7, 11) is 3.19. The Morgan fingerprint density at radius 3 is 2.08 bits per heavy atom. The van der Waals surface area contributed by atoms with Crippen LogP contribution in [0.3, 0.4) is 0 Å². The van der Waals surface area contributed by atoms with Crippen LogP contribution < -0.4 is 0 Å². The second kappa shape index (κ2) is 4.74. The second-order valence-electron chi connectivity index (χ2n) is 2.41. The van der Waals surface area contributed by atoms with E-state index in [-0.39, 0.29) is 11.9 Å². The van der Waals surface area contributed by atoms with Crippen LogP contribution in [0.2, 0.25) is 0 Å². The van der Waals surface area contributed by atoms with Gasteiger partial charge < -0.3 is 4.90 Å². The number of carbonyl (C=O) groups is 2. The third-order valence-electron chi connectivity index (χ3n) is 1.65. The van der Waals surface area contributed by atoms with Gasteiger partial charge in [-0.3, -0.25) is 9.69 Å². The van der Waals surface area contributed by atoms with Gasteiger partial charge in [0.25, 0.3) is 0 Å². The van der Waals surface area contributed by atoms with Crippen LogP contribution in [0.1, 0.15) is 20.3 Å². The highest BCUT2D eigenvalue weighted by Crippen LogP contribution is 2.04. The van der Waals surface area contributed by atoms with E-state index < -0.39 is 0 Å². The van der Waals surface area contributed by atoms with Gasteiger partial charge in [-0.15, -0.1) is 0 Å². The second-order valence-corrected chi connectivity index (χ2v) is 2.41. The van der Waals surface area contributed by atoms with Crippen molar-refractivity contribution in [1.82, 2.24) is 9.80 Å². The van der Waals surface area contributed by atoms with E-state index in [0.717, 1.165) is 4.90 Å². The molecule has 0 bridgehead atoms. The van der Waals surface area contributed by atoms with Crippen LogP contribution in [0.4, 0.5) is 4.79 Å². The Bertz CT molecular complexity index is 180. The third-order valence-corrected chi connectivity index (χ3v) is 1.65. The van der Waals surface area contributed by atoms with Crippen molar-refractivity contribution in [3.63, 3.8) is 0 Å². The van der Waals surface area contributed by atoms with Crippen molar-refractivity contribution < 1.29 is 9.59 Å². The van der Waals surface area contributed by atoms with Gasteiger partial charge in [0.2, 0.25) is 5.91 Å². The molecule has 0 unspecified atom stereocenters. The Kier molecular flexibility index (Phi) is 4.33. The van der Waals surface area contributed by atoms with Crippen LogP contribution in [-0.4, -0.2) is 42.4 Å². The van der Waals surface area contributed by atoms with E-state index in [1.807, 2.05) is 13.8 Å². The topological polar surface area (TPSA) is 40.6 Å². The molecule has 0 radical (unpaired) electrons. The summed E-state index contributed by atoms with van der Waals surface area (Å²) in [4.78, 5) is 24.5. The standard InChI is InChI=1S/C6H10N2O2.C2H6/c1-7-4-3-5(9)8(2)6(7)10;1-2/h3-4H2,1-2H3;1-2H3. The van der Waals surface area contributed by atoms with Gasteiger partial charge in [-0.05, 0) is 0 Å². The van der Waals surface area contributed by atoms with Crippen molar-refractivity contribution in [2.24, 2.45) is 0 Å². The molecule has 0 spiro atoms. The molecule has 4 nitrogen and oxygen atoms in total. The van der Waals surface area contributed by atoms with Crippen molar-refractivity contribution in [1.29, 1.82) is 0 Å². The molecule has 4 heteroatoms. The first-order chi connectivity index (χ1) is 5.63. The first-order valence-electron chi connectivity index (χ1n) is 4.14. The molecule has 1 fully saturated rings. The summed E-state index contributed by atoms with van der Waals surface area (Å²) >= 11 is 0. The average molecular weight is 172 g/mol. The minimum absolute atomic E-state index is 0.0944. The molecule has 1 aliphatic heterocycles. The molecule has 0 aromatic carbocycles. The van der Waals surface area contributed by atoms with E-state index in [2.05, 4.69) is 0 Å². The van der Waals surface area contributed by atoms with Crippen molar-refractivity contribution in [2.75, 3.05) is 20.6 Å². The smallest absolute Gasteiger partial charge is 0.326 e. The van der Waals surface area contributed by atoms with Crippen LogP contribution in [0.15, 0.2) is 0 Å². The summed E-state index contributed by atoms with van der Waals surface area (Å²) in [6, 6.07) is -0.212. The predicted octanol–water partition coefficient (Wildman–Crippen LogP) is 0.927. The Morgan fingerprint density at radius 2 is 1.67 bits per heavy atom. The number of hydrogen-bond donors (Lipinski definition) is 0. The summed E-state index contributed by atoms with van der Waals surface area (Å²) in [6.07, 6.45) is 0.443. The maximum atomic E-state index is 11.0. The molecule has 0 aliphatic carbocycles. The van der Waals surface area contributed by atoms with Crippen LogP contribution in [0.5, 0.6) is 0 Å². The van der Waals surface area contributed by atoms with E-state index in [4.69, 9.17) is 0 Å². The molecule has 12 heavy (non-hydrogen) atoms. The van der Waals surface area contributed by atoms with E-state index >= 15 is 0 Å². The number of urea groups is 1. The van der Waals surface area contributed by atoms with E-state index in [9.17, 15) is 9.59 Å². The van der Waals surface area contributed by atoms with Gasteiger partial charge >= 0.3 is 6.03 Å². The maximum Gasteiger partial charge on any atom is 0.326 e. The number of rotatable bonds is 0. The molecule has 1 aliphatic rings. The molecule has 1 heterocycles. The molecular formula is C8H16N2O2. The first kappa shape index (κ1) is 10.9. The zero-order chi connectivity index (χ0) is 9.72. The fourth-order valence-corrected chi connectivity index (χ4v) is 0.889. The molecule has 0 atom stereocenters. The minimum Gasteiger partial charge on any atom is -0.327 e. The van der Waals surface area contributed by atoms with Crippen LogP contribution in [-0.2, 0) is 4.79 Å². The molecule has 1 saturated heterocycles. The quantitative estimate of drug-likeness (QED) is 0.545. The van der Waals surface area contributed by atoms with Crippen LogP contribution >= 0.6 is 0 Å². The fourth-order valence-electron chi connectivity index (χ4n) is 0.889. The van der Waals surface area contributed by atoms with E-state index in [0.29, 0.717) is 13.0 Å². The van der Waals surface area contributed by atoms with E-state index in [1.165, 1.54) is 11.9 Å². The first-order valence-corrected chi connectivity index (χ1v) is 4.14. The van der Waals surface area contributed by atoms with Gasteiger partial charge in [0.1, 0.15) is 0 Å². The molecule has 0 saturated carbocycles. The highest BCUT2D eigenvalue weighted by molar-refractivity contribution is 5.96. The SMILES string of the molecule is CC.CN1CCC(=O)N(C)C1=O. The molecule has 3 amide bonds. The van der Waals surface area contributed by atoms with Gasteiger partial charge in [0, 0.05) is 27.1 Å². The number of carbonyl (C=O) groups excluding carboxylic acids is 2. The lowest BCUT2D eigenvalue weighted by molar-refractivity contribution is -0.129. The lowest BCUT2D eigenvalue weighted by atomic mass is 10.3. The zero-order valence-electron chi connectivity index (χ0n) is 8.13. The number of imide groups is 1. The number of hydrogen-bond acceptors (Lipinski definition) is 2. The number of amides is 3. The molecule has 0 aromatic rings. The van der Waals surface area contributed by atoms with Gasteiger partial charge in [-0.1, -0.05) is 13.8 Å². The number of nitrogens with zero attached hydrogens (tertiary/aromatic N) is 2. The minimum atomic E-state index is -0.212. The molecular weight excluding hydrogens is 156 g/mol. The van der Waals surface area contributed by atoms with Gasteiger partial charge in [-0.25, -0.2) is 4.79 Å². The highest BCUT2D eigenvalue weighted by atomic mass is 16.2. The van der Waals surface area contributed by atoms with Gasteiger partial charge in [0.05, 0.1) is 0 Å². The summed E-state index contributed by atoms with van der Waals surface area (Å²) in [5.41, 5.74) is 0. The van der Waals surface area contributed by atoms with Crippen LogP contribution in [0, 0.1) is 0 Å². The highest BCUT2D eigenvalue weighted by Gasteiger charge is 2.25. The Labute approximate surface area is 73.1 Å². The Hall–Kier alpha value is -1.06. The lowest BCUT2D eigenvalue weighted by Gasteiger charge is -2.28. The Balaban J connectivity index is 0.000000561. The van der Waals surface area contributed by atoms with Crippen molar-refractivity contribution in [3.05, 3.63) is 0 Å². The molecule has 70 valence electrons. The molecule has 0 aromatic heterocycles. The fraction of sp³-hybridized carbons (Fsp3) is 0.750. The van der Waals surface area contributed by atoms with Gasteiger partial charge in [0.15, 0.2) is 0 Å². The largest absolute Gasteiger partial charge is 0.327 e. The zero-order valence-corrected chi connectivity index (χ0v) is 8.13. The molecule has 1 rings (SSSR count). The lowest BCUT2D eigenvalue weighted by Crippen LogP contribution is -2.48. The summed E-state index contributed by atoms with van der Waals surface area (Å²) in [5, 5.41) is 0. The predicted molar refractivity (Wildman–Crippen MR) is 46.8 cm³/mol. The van der Waals surface area contributed by atoms with Crippen molar-refractivity contribution in [3.8, 4) is 0 Å². The third kappa shape index (κ3) is 2.22. The maximum absolute atomic E-state index is 11.0. The molecule has 0 N–H and O–H groups in total. The summed E-state index contributed by atoms with van der Waals surface area (Å²) < 4.78 is 0.